The van der Waals surface area contributed by atoms with Crippen molar-refractivity contribution in [2.24, 2.45) is 5.73 Å². The number of carbonyl (C=O) groups is 1. The van der Waals surface area contributed by atoms with Crippen molar-refractivity contribution in [2.45, 2.75) is 26.3 Å². The van der Waals surface area contributed by atoms with Gasteiger partial charge in [-0.1, -0.05) is 5.84 Å². The zero-order valence-corrected chi connectivity index (χ0v) is 13.1. The SMILES string of the molecule is Cc1ncc(F)c(NC(=[N-])C2=C(N)C(C)(C)N(C(=O)Cl)C2)n1. The second-order valence-corrected chi connectivity index (χ2v) is 5.70. The molecule has 0 radical (unpaired) electrons. The molecule has 0 aromatic carbocycles. The largest absolute Gasteiger partial charge is 0.465 e. The van der Waals surface area contributed by atoms with Gasteiger partial charge in [-0.25, -0.2) is 14.4 Å². The van der Waals surface area contributed by atoms with Crippen LogP contribution in [0.5, 0.6) is 0 Å². The molecule has 2 heterocycles. The fourth-order valence-electron chi connectivity index (χ4n) is 2.17. The first-order valence-electron chi connectivity index (χ1n) is 6.43. The van der Waals surface area contributed by atoms with Crippen LogP contribution in [-0.4, -0.2) is 38.2 Å². The molecule has 3 N–H and O–H groups in total. The summed E-state index contributed by atoms with van der Waals surface area (Å²) in [5.74, 6) is -0.955. The summed E-state index contributed by atoms with van der Waals surface area (Å²) < 4.78 is 13.6. The van der Waals surface area contributed by atoms with E-state index in [1.807, 2.05) is 0 Å². The standard InChI is InChI=1S/C13H15ClFN6O/c1-6-18-4-8(15)11(19-6)20-10(17)7-5-21(12(14)22)13(2,3)9(7)16/h4H,5H2,1-3H3,(H3-,16,17,18,19,20)/q-1. The highest BCUT2D eigenvalue weighted by Gasteiger charge is 2.40. The third kappa shape index (κ3) is 2.74. The Morgan fingerprint density at radius 2 is 2.23 bits per heavy atom. The van der Waals surface area contributed by atoms with Crippen molar-refractivity contribution in [1.29, 1.82) is 0 Å². The van der Waals surface area contributed by atoms with Gasteiger partial charge in [-0.05, 0) is 37.9 Å². The Hall–Kier alpha value is -2.22. The average molecular weight is 326 g/mol. The molecule has 0 spiro atoms. The van der Waals surface area contributed by atoms with E-state index in [2.05, 4.69) is 15.3 Å². The smallest absolute Gasteiger partial charge is 0.317 e. The first-order valence-corrected chi connectivity index (χ1v) is 6.81. The molecule has 2 rings (SSSR count). The summed E-state index contributed by atoms with van der Waals surface area (Å²) in [6.07, 6.45) is 0.989. The van der Waals surface area contributed by atoms with E-state index < -0.39 is 16.7 Å². The molecule has 118 valence electrons. The van der Waals surface area contributed by atoms with Crippen LogP contribution in [-0.2, 0) is 0 Å². The molecule has 1 amide bonds. The summed E-state index contributed by atoms with van der Waals surface area (Å²) in [4.78, 5) is 20.3. The van der Waals surface area contributed by atoms with E-state index in [0.717, 1.165) is 6.20 Å². The van der Waals surface area contributed by atoms with Gasteiger partial charge in [0.1, 0.15) is 5.82 Å². The van der Waals surface area contributed by atoms with Crippen molar-refractivity contribution in [3.63, 3.8) is 0 Å². The molecule has 1 aliphatic heterocycles. The molecule has 0 saturated heterocycles. The Kier molecular flexibility index (Phi) is 4.06. The lowest BCUT2D eigenvalue weighted by atomic mass is 10.0. The maximum absolute atomic E-state index is 13.6. The van der Waals surface area contributed by atoms with Gasteiger partial charge in [-0.2, -0.15) is 0 Å². The van der Waals surface area contributed by atoms with Crippen LogP contribution in [0.3, 0.4) is 0 Å². The van der Waals surface area contributed by atoms with E-state index in [0.29, 0.717) is 5.82 Å². The van der Waals surface area contributed by atoms with Crippen LogP contribution in [0.15, 0.2) is 17.5 Å². The van der Waals surface area contributed by atoms with E-state index in [-0.39, 0.29) is 29.5 Å². The third-order valence-corrected chi connectivity index (χ3v) is 3.78. The summed E-state index contributed by atoms with van der Waals surface area (Å²) in [5, 5.41) is 11.9. The minimum atomic E-state index is -0.857. The van der Waals surface area contributed by atoms with Gasteiger partial charge in [-0.3, -0.25) is 4.79 Å². The molecule has 0 bridgehead atoms. The monoisotopic (exact) mass is 325 g/mol. The fraction of sp³-hybridized carbons (Fsp3) is 0.385. The highest BCUT2D eigenvalue weighted by atomic mass is 35.5. The zero-order chi connectivity index (χ0) is 16.7. The van der Waals surface area contributed by atoms with Crippen LogP contribution < -0.4 is 11.1 Å². The minimum Gasteiger partial charge on any atom is -0.465 e. The quantitative estimate of drug-likeness (QED) is 0.374. The summed E-state index contributed by atoms with van der Waals surface area (Å²) in [6, 6.07) is 0. The van der Waals surface area contributed by atoms with Gasteiger partial charge >= 0.3 is 5.37 Å². The Bertz CT molecular complexity index is 687. The second kappa shape index (κ2) is 5.53. The third-order valence-electron chi connectivity index (χ3n) is 3.57. The highest BCUT2D eigenvalue weighted by molar-refractivity contribution is 6.63. The van der Waals surface area contributed by atoms with Crippen molar-refractivity contribution >= 4 is 28.6 Å². The van der Waals surface area contributed by atoms with E-state index in [4.69, 9.17) is 17.3 Å². The molecule has 9 heteroatoms. The first-order chi connectivity index (χ1) is 10.1. The number of nitrogens with zero attached hydrogens (tertiary/aromatic N) is 4. The van der Waals surface area contributed by atoms with E-state index in [1.165, 1.54) is 4.90 Å². The molecule has 1 aliphatic rings. The van der Waals surface area contributed by atoms with E-state index in [9.17, 15) is 14.6 Å². The van der Waals surface area contributed by atoms with Gasteiger partial charge in [0.15, 0.2) is 5.82 Å². The Labute approximate surface area is 131 Å². The predicted octanol–water partition coefficient (Wildman–Crippen LogP) is 1.97. The topological polar surface area (TPSA) is 106 Å². The summed E-state index contributed by atoms with van der Waals surface area (Å²) in [7, 11) is 0. The molecular formula is C13H15ClFN6O-. The summed E-state index contributed by atoms with van der Waals surface area (Å²) in [5.41, 5.74) is 5.65. The molecule has 1 aromatic rings. The summed E-state index contributed by atoms with van der Waals surface area (Å²) >= 11 is 5.52. The average Bonchev–Trinajstić information content (AvgIpc) is 2.65. The first kappa shape index (κ1) is 16.2. The number of halogens is 2. The number of amidine groups is 1. The maximum Gasteiger partial charge on any atom is 0.317 e. The normalized spacial score (nSPS) is 16.9. The van der Waals surface area contributed by atoms with Gasteiger partial charge in [-0.15, -0.1) is 0 Å². The van der Waals surface area contributed by atoms with Crippen molar-refractivity contribution in [3.05, 3.63) is 34.5 Å². The number of rotatable bonds is 2. The number of hydrogen-bond acceptors (Lipinski definition) is 4. The van der Waals surface area contributed by atoms with Gasteiger partial charge in [0, 0.05) is 12.2 Å². The fourth-order valence-corrected chi connectivity index (χ4v) is 2.44. The van der Waals surface area contributed by atoms with Crippen molar-refractivity contribution in [3.8, 4) is 0 Å². The number of hydrogen-bond donors (Lipinski definition) is 2. The number of aryl methyl sites for hydroxylation is 1. The van der Waals surface area contributed by atoms with Crippen LogP contribution in [0, 0.1) is 12.7 Å². The van der Waals surface area contributed by atoms with Crippen LogP contribution in [0.4, 0.5) is 15.0 Å². The minimum absolute atomic E-state index is 0.00564. The summed E-state index contributed by atoms with van der Waals surface area (Å²) in [6.45, 7) is 4.98. The van der Waals surface area contributed by atoms with E-state index >= 15 is 0 Å². The number of anilines is 1. The number of nitrogens with one attached hydrogen (secondary N) is 1. The molecular weight excluding hydrogens is 311 g/mol. The van der Waals surface area contributed by atoms with Crippen LogP contribution >= 0.6 is 11.6 Å². The van der Waals surface area contributed by atoms with Gasteiger partial charge in [0.25, 0.3) is 0 Å². The molecule has 0 fully saturated rings. The Balaban J connectivity index is 2.28. The van der Waals surface area contributed by atoms with Gasteiger partial charge in [0.05, 0.1) is 17.6 Å². The second-order valence-electron chi connectivity index (χ2n) is 5.38. The molecule has 0 unspecified atom stereocenters. The lowest BCUT2D eigenvalue weighted by Gasteiger charge is -2.30. The zero-order valence-electron chi connectivity index (χ0n) is 12.3. The number of nitrogens with two attached hydrogens (primary N) is 1. The number of amides is 1. The Morgan fingerprint density at radius 3 is 2.77 bits per heavy atom. The van der Waals surface area contributed by atoms with Crippen molar-refractivity contribution in [1.82, 2.24) is 14.9 Å². The van der Waals surface area contributed by atoms with Gasteiger partial charge < -0.3 is 21.4 Å². The molecule has 0 saturated carbocycles. The number of carbonyl (C=O) groups excluding carboxylic acids is 1. The van der Waals surface area contributed by atoms with Crippen molar-refractivity contribution < 1.29 is 9.18 Å². The molecule has 22 heavy (non-hydrogen) atoms. The maximum atomic E-state index is 13.6. The Morgan fingerprint density at radius 1 is 1.59 bits per heavy atom. The predicted molar refractivity (Wildman–Crippen MR) is 82.0 cm³/mol. The van der Waals surface area contributed by atoms with Crippen LogP contribution in [0.1, 0.15) is 19.7 Å². The van der Waals surface area contributed by atoms with Crippen molar-refractivity contribution in [2.75, 3.05) is 11.9 Å². The van der Waals surface area contributed by atoms with E-state index in [1.54, 1.807) is 20.8 Å². The lowest BCUT2D eigenvalue weighted by Crippen LogP contribution is -2.44. The molecule has 0 aliphatic carbocycles. The van der Waals surface area contributed by atoms with Crippen LogP contribution in [0.25, 0.3) is 5.41 Å². The highest BCUT2D eigenvalue weighted by Crippen LogP contribution is 2.32. The molecule has 7 nitrogen and oxygen atoms in total. The van der Waals surface area contributed by atoms with Crippen LogP contribution in [0.2, 0.25) is 0 Å². The lowest BCUT2D eigenvalue weighted by molar-refractivity contribution is 0.194. The van der Waals surface area contributed by atoms with Gasteiger partial charge in [0.2, 0.25) is 0 Å². The number of aromatic nitrogens is 2. The molecule has 1 aromatic heterocycles. The molecule has 0 atom stereocenters.